The third-order valence-corrected chi connectivity index (χ3v) is 4.90. The zero-order valence-electron chi connectivity index (χ0n) is 18.8. The average molecular weight is 496 g/mol. The van der Waals surface area contributed by atoms with Crippen LogP contribution in [0.4, 0.5) is 24.5 Å². The summed E-state index contributed by atoms with van der Waals surface area (Å²) < 4.78 is 48.8. The quantitative estimate of drug-likeness (QED) is 0.358. The third-order valence-electron chi connectivity index (χ3n) is 4.90. The van der Waals surface area contributed by atoms with E-state index in [2.05, 4.69) is 20.8 Å². The van der Waals surface area contributed by atoms with Crippen LogP contribution in [0.5, 0.6) is 5.75 Å². The van der Waals surface area contributed by atoms with Gasteiger partial charge in [-0.25, -0.2) is 0 Å². The fourth-order valence-electron chi connectivity index (χ4n) is 3.21. The van der Waals surface area contributed by atoms with Gasteiger partial charge in [0.25, 0.3) is 11.8 Å². The van der Waals surface area contributed by atoms with E-state index in [4.69, 9.17) is 9.26 Å². The molecule has 0 atom stereocenters. The number of ether oxygens (including phenoxy) is 1. The van der Waals surface area contributed by atoms with Crippen molar-refractivity contribution in [2.45, 2.75) is 13.1 Å². The Hall–Kier alpha value is -4.67. The summed E-state index contributed by atoms with van der Waals surface area (Å²) in [5, 5.41) is 9.04. The second-order valence-corrected chi connectivity index (χ2v) is 7.58. The van der Waals surface area contributed by atoms with Gasteiger partial charge in [0, 0.05) is 23.7 Å². The molecule has 0 bridgehead atoms. The van der Waals surface area contributed by atoms with E-state index in [9.17, 15) is 22.8 Å². The van der Waals surface area contributed by atoms with Crippen LogP contribution in [0.1, 0.15) is 21.8 Å². The minimum atomic E-state index is -4.51. The van der Waals surface area contributed by atoms with Crippen molar-refractivity contribution in [2.75, 3.05) is 17.2 Å². The number of aromatic nitrogens is 2. The van der Waals surface area contributed by atoms with Gasteiger partial charge in [-0.2, -0.15) is 18.2 Å². The number of nitrogens with zero attached hydrogens (tertiary/aromatic N) is 2. The van der Waals surface area contributed by atoms with Crippen LogP contribution in [-0.2, 0) is 11.0 Å². The standard InChI is InChI=1S/C25H19F3N4O4/c1-15-29-23(32-36-15)20-7-2-3-8-21(20)31-24(34)16-9-11-19(12-10-16)35-14-22(33)30-18-6-4-5-17(13-18)25(26,27)28/h2-13H,14H2,1H3,(H,30,33)(H,31,34). The largest absolute Gasteiger partial charge is 0.484 e. The van der Waals surface area contributed by atoms with Gasteiger partial charge >= 0.3 is 6.18 Å². The first-order valence-electron chi connectivity index (χ1n) is 10.6. The lowest BCUT2D eigenvalue weighted by Gasteiger charge is -2.11. The summed E-state index contributed by atoms with van der Waals surface area (Å²) in [6.45, 7) is 1.23. The number of carbonyl (C=O) groups excluding carboxylic acids is 2. The lowest BCUT2D eigenvalue weighted by molar-refractivity contribution is -0.137. The number of carbonyl (C=O) groups is 2. The molecule has 2 N–H and O–H groups in total. The van der Waals surface area contributed by atoms with Crippen molar-refractivity contribution in [3.63, 3.8) is 0 Å². The Morgan fingerprint density at radius 1 is 0.972 bits per heavy atom. The highest BCUT2D eigenvalue weighted by Crippen LogP contribution is 2.30. The van der Waals surface area contributed by atoms with E-state index in [0.29, 0.717) is 34.3 Å². The highest BCUT2D eigenvalue weighted by atomic mass is 19.4. The SMILES string of the molecule is Cc1nc(-c2ccccc2NC(=O)c2ccc(OCC(=O)Nc3cccc(C(F)(F)F)c3)cc2)no1. The smallest absolute Gasteiger partial charge is 0.416 e. The van der Waals surface area contributed by atoms with Gasteiger partial charge in [-0.15, -0.1) is 0 Å². The maximum Gasteiger partial charge on any atom is 0.416 e. The maximum absolute atomic E-state index is 12.8. The van der Waals surface area contributed by atoms with Crippen LogP contribution in [0, 0.1) is 6.92 Å². The lowest BCUT2D eigenvalue weighted by Crippen LogP contribution is -2.20. The van der Waals surface area contributed by atoms with Crippen molar-refractivity contribution in [1.82, 2.24) is 10.1 Å². The maximum atomic E-state index is 12.8. The summed E-state index contributed by atoms with van der Waals surface area (Å²) >= 11 is 0. The number of hydrogen-bond donors (Lipinski definition) is 2. The number of hydrogen-bond acceptors (Lipinski definition) is 6. The lowest BCUT2D eigenvalue weighted by atomic mass is 10.1. The van der Waals surface area contributed by atoms with Gasteiger partial charge in [-0.1, -0.05) is 23.4 Å². The summed E-state index contributed by atoms with van der Waals surface area (Å²) in [5.74, 6) is 0.00941. The fourth-order valence-corrected chi connectivity index (χ4v) is 3.21. The summed E-state index contributed by atoms with van der Waals surface area (Å²) in [6, 6.07) is 17.3. The van der Waals surface area contributed by atoms with E-state index in [1.807, 2.05) is 0 Å². The summed E-state index contributed by atoms with van der Waals surface area (Å²) in [5.41, 5.74) is 0.547. The molecule has 4 aromatic rings. The topological polar surface area (TPSA) is 106 Å². The predicted octanol–water partition coefficient (Wildman–Crippen LogP) is 5.33. The Morgan fingerprint density at radius 3 is 2.42 bits per heavy atom. The monoisotopic (exact) mass is 496 g/mol. The van der Waals surface area contributed by atoms with Gasteiger partial charge < -0.3 is 19.9 Å². The zero-order valence-corrected chi connectivity index (χ0v) is 18.8. The van der Waals surface area contributed by atoms with Gasteiger partial charge in [0.15, 0.2) is 6.61 Å². The van der Waals surface area contributed by atoms with Gasteiger partial charge in [-0.05, 0) is 54.6 Å². The Kier molecular flexibility index (Phi) is 7.00. The molecule has 1 aromatic heterocycles. The number of benzene rings is 3. The number of para-hydroxylation sites is 1. The molecule has 0 unspecified atom stereocenters. The fraction of sp³-hybridized carbons (Fsp3) is 0.120. The Labute approximate surface area is 203 Å². The average Bonchev–Trinajstić information content (AvgIpc) is 3.29. The molecule has 4 rings (SSSR count). The zero-order chi connectivity index (χ0) is 25.7. The molecule has 0 saturated heterocycles. The first-order chi connectivity index (χ1) is 17.2. The third kappa shape index (κ3) is 6.06. The van der Waals surface area contributed by atoms with Gasteiger partial charge in [0.05, 0.1) is 11.3 Å². The number of aryl methyl sites for hydroxylation is 1. The second-order valence-electron chi connectivity index (χ2n) is 7.58. The van der Waals surface area contributed by atoms with Crippen LogP contribution in [0.25, 0.3) is 11.4 Å². The Bertz CT molecular complexity index is 1380. The minimum absolute atomic E-state index is 0.00158. The molecule has 0 fully saturated rings. The van der Waals surface area contributed by atoms with Crippen LogP contribution < -0.4 is 15.4 Å². The van der Waals surface area contributed by atoms with Gasteiger partial charge in [0.1, 0.15) is 5.75 Å². The second kappa shape index (κ2) is 10.3. The molecule has 0 aliphatic rings. The Balaban J connectivity index is 1.34. The van der Waals surface area contributed by atoms with Gasteiger partial charge in [0.2, 0.25) is 11.7 Å². The Morgan fingerprint density at radius 2 is 1.72 bits per heavy atom. The van der Waals surface area contributed by atoms with Crippen molar-refractivity contribution >= 4 is 23.2 Å². The van der Waals surface area contributed by atoms with Crippen LogP contribution in [0.2, 0.25) is 0 Å². The van der Waals surface area contributed by atoms with Crippen molar-refractivity contribution < 1.29 is 32.0 Å². The molecule has 2 amide bonds. The van der Waals surface area contributed by atoms with Gasteiger partial charge in [-0.3, -0.25) is 9.59 Å². The van der Waals surface area contributed by atoms with E-state index in [1.165, 1.54) is 36.4 Å². The van der Waals surface area contributed by atoms with Crippen molar-refractivity contribution in [3.05, 3.63) is 89.8 Å². The van der Waals surface area contributed by atoms with Crippen LogP contribution in [-0.4, -0.2) is 28.6 Å². The van der Waals surface area contributed by atoms with E-state index < -0.39 is 30.2 Å². The normalized spacial score (nSPS) is 11.1. The summed E-state index contributed by atoms with van der Waals surface area (Å²) in [6.07, 6.45) is -4.51. The van der Waals surface area contributed by atoms with E-state index >= 15 is 0 Å². The molecule has 0 aliphatic heterocycles. The number of rotatable bonds is 7. The molecule has 0 saturated carbocycles. The molecule has 184 valence electrons. The predicted molar refractivity (Wildman–Crippen MR) is 124 cm³/mol. The van der Waals surface area contributed by atoms with Crippen LogP contribution in [0.3, 0.4) is 0 Å². The first kappa shape index (κ1) is 24.5. The summed E-state index contributed by atoms with van der Waals surface area (Å²) in [7, 11) is 0. The molecule has 3 aromatic carbocycles. The number of amides is 2. The highest BCUT2D eigenvalue weighted by molar-refractivity contribution is 6.06. The molecule has 11 heteroatoms. The molecule has 36 heavy (non-hydrogen) atoms. The molecular weight excluding hydrogens is 477 g/mol. The van der Waals surface area contributed by atoms with Crippen molar-refractivity contribution in [2.24, 2.45) is 0 Å². The summed E-state index contributed by atoms with van der Waals surface area (Å²) in [4.78, 5) is 29.0. The molecule has 1 heterocycles. The molecule has 0 aliphatic carbocycles. The molecule has 0 spiro atoms. The highest BCUT2D eigenvalue weighted by Gasteiger charge is 2.30. The minimum Gasteiger partial charge on any atom is -0.484 e. The van der Waals surface area contributed by atoms with Crippen LogP contribution in [0.15, 0.2) is 77.3 Å². The molecular formula is C25H19F3N4O4. The van der Waals surface area contributed by atoms with E-state index in [0.717, 1.165) is 12.1 Å². The van der Waals surface area contributed by atoms with Crippen LogP contribution >= 0.6 is 0 Å². The van der Waals surface area contributed by atoms with Crippen molar-refractivity contribution in [3.8, 4) is 17.1 Å². The first-order valence-corrected chi connectivity index (χ1v) is 10.6. The molecule has 8 nitrogen and oxygen atoms in total. The number of nitrogens with one attached hydrogen (secondary N) is 2. The number of halogens is 3. The number of anilines is 2. The van der Waals surface area contributed by atoms with E-state index in [-0.39, 0.29) is 5.69 Å². The van der Waals surface area contributed by atoms with E-state index in [1.54, 1.807) is 31.2 Å². The number of alkyl halides is 3. The molecule has 0 radical (unpaired) electrons. The van der Waals surface area contributed by atoms with Crippen molar-refractivity contribution in [1.29, 1.82) is 0 Å².